The summed E-state index contributed by atoms with van der Waals surface area (Å²) in [6.07, 6.45) is 5.14. The number of hydrogen-bond acceptors (Lipinski definition) is 4. The topological polar surface area (TPSA) is 163 Å². The molecule has 0 heterocycles. The second-order valence-electron chi connectivity index (χ2n) is 13.2. The van der Waals surface area contributed by atoms with Gasteiger partial charge in [0.05, 0.1) is 8.07 Å². The summed E-state index contributed by atoms with van der Waals surface area (Å²) in [5.74, 6) is 0. The molecule has 0 atom stereocenters. The molecule has 0 aromatic rings. The molecule has 47 heavy (non-hydrogen) atoms. The first-order valence-corrected chi connectivity index (χ1v) is 38.2. The van der Waals surface area contributed by atoms with Gasteiger partial charge in [-0.25, -0.2) is 0 Å². The van der Waals surface area contributed by atoms with Gasteiger partial charge in [0.25, 0.3) is 0 Å². The Bertz CT molecular complexity index is 501. The fraction of sp³-hybridized carbons (Fsp3) is 0.923. The van der Waals surface area contributed by atoms with Gasteiger partial charge in [0.15, 0.2) is 0 Å². The molecular formula is C26H86In4O8Si5Sn4. The van der Waals surface area contributed by atoms with E-state index in [1.165, 1.54) is 55.9 Å². The predicted octanol–water partition coefficient (Wildman–Crippen LogP) is 1.21. The average molecular weight is 1600 g/mol. The van der Waals surface area contributed by atoms with Crippen molar-refractivity contribution in [2.45, 2.75) is 156 Å². The summed E-state index contributed by atoms with van der Waals surface area (Å²) >= 11 is 2.89. The Hall–Kier alpha value is 7.18. The van der Waals surface area contributed by atoms with Gasteiger partial charge in [-0.3, -0.25) is 0 Å². The minimum absolute atomic E-state index is 0. The molecule has 0 aromatic heterocycles. The summed E-state index contributed by atoms with van der Waals surface area (Å²) in [6.45, 7) is 37.8. The van der Waals surface area contributed by atoms with E-state index in [0.717, 1.165) is 45.9 Å². The van der Waals surface area contributed by atoms with E-state index in [0.29, 0.717) is 49.6 Å². The van der Waals surface area contributed by atoms with Crippen molar-refractivity contribution in [3.8, 4) is 0 Å². The molecule has 0 bridgehead atoms. The van der Waals surface area contributed by atoms with Gasteiger partial charge < -0.3 is 21.9 Å². The van der Waals surface area contributed by atoms with Crippen LogP contribution in [-0.2, 0) is 10.6 Å². The first-order valence-electron chi connectivity index (χ1n) is 15.1. The van der Waals surface area contributed by atoms with Crippen molar-refractivity contribution >= 4 is 236 Å². The standard InChI is InChI=1S/C6H14Si.4C5H13OSi.4In.4H2O.4Sn.12H/c1-5-7(3,4)6-2;4*1-4-5-7(2,3)6;;;;;;;;;;;;;;;;;;;;;;;;/h5H,1,6H2,2-4H3;4*4-5H2,1-3H3;;;;;4*1H2;;;;;;;;;;;;;;;;/q;4*-1;;;2*+1;;;;;;;2*+1;;;;;;;;;;;;. The summed E-state index contributed by atoms with van der Waals surface area (Å²) in [5.41, 5.74) is 2.13. The van der Waals surface area contributed by atoms with Crippen molar-refractivity contribution in [3.05, 3.63) is 12.3 Å². The zero-order valence-corrected chi connectivity index (χ0v) is 76.1. The van der Waals surface area contributed by atoms with Gasteiger partial charge in [-0.15, -0.1) is 12.3 Å². The summed E-state index contributed by atoms with van der Waals surface area (Å²) in [7, 11) is -5.29. The molecule has 8 N–H and O–H groups in total. The van der Waals surface area contributed by atoms with Gasteiger partial charge >= 0.3 is 369 Å². The average Bonchev–Trinajstić information content (AvgIpc) is 2.85. The summed E-state index contributed by atoms with van der Waals surface area (Å²) < 4.78 is 21.9. The molecule has 21 heteroatoms. The van der Waals surface area contributed by atoms with Crippen molar-refractivity contribution in [2.75, 3.05) is 0 Å². The van der Waals surface area contributed by atoms with E-state index in [1.54, 1.807) is 0 Å². The molecular weight excluding hydrogens is 1510 g/mol. The van der Waals surface area contributed by atoms with Crippen LogP contribution in [0.4, 0.5) is 0 Å². The van der Waals surface area contributed by atoms with Gasteiger partial charge in [0, 0.05) is 0 Å². The van der Waals surface area contributed by atoms with Gasteiger partial charge in [-0.05, 0) is 0 Å². The van der Waals surface area contributed by atoms with E-state index in [4.69, 9.17) is 10.6 Å². The van der Waals surface area contributed by atoms with Gasteiger partial charge in [0.2, 0.25) is 0 Å². The normalized spacial score (nSPS) is 9.81. The van der Waals surface area contributed by atoms with Crippen LogP contribution in [0.1, 0.15) is 60.3 Å². The third-order valence-corrected chi connectivity index (χ3v) is 49.7. The Labute approximate surface area is 429 Å². The molecule has 286 valence electrons. The second-order valence-corrected chi connectivity index (χ2v) is 46.7. The van der Waals surface area contributed by atoms with E-state index in [1.807, 2.05) is 0 Å². The Balaban J connectivity index is -0.0000000268. The van der Waals surface area contributed by atoms with Crippen LogP contribution < -0.4 is 0 Å². The molecule has 12 radical (unpaired) electrons. The number of hydrogen-bond donors (Lipinski definition) is 0. The van der Waals surface area contributed by atoms with Crippen molar-refractivity contribution in [1.29, 1.82) is 0 Å². The van der Waals surface area contributed by atoms with Crippen molar-refractivity contribution in [1.82, 2.24) is 0 Å². The summed E-state index contributed by atoms with van der Waals surface area (Å²) in [6, 6.07) is 6.61. The van der Waals surface area contributed by atoms with Crippen molar-refractivity contribution in [3.63, 3.8) is 0 Å². The van der Waals surface area contributed by atoms with Crippen LogP contribution >= 0.6 is 0 Å². The quantitative estimate of drug-likeness (QED) is 0.240. The fourth-order valence-electron chi connectivity index (χ4n) is 2.87. The Morgan fingerprint density at radius 1 is 0.511 bits per heavy atom. The van der Waals surface area contributed by atoms with Crippen LogP contribution in [0.5, 0.6) is 0 Å². The van der Waals surface area contributed by atoms with Crippen molar-refractivity contribution < 1.29 is 32.5 Å². The van der Waals surface area contributed by atoms with E-state index in [9.17, 15) is 0 Å². The molecule has 0 rings (SSSR count). The summed E-state index contributed by atoms with van der Waals surface area (Å²) in [4.78, 5) is 0. The van der Waals surface area contributed by atoms with Crippen LogP contribution in [0, 0.1) is 0 Å². The first-order chi connectivity index (χ1) is 17.6. The van der Waals surface area contributed by atoms with E-state index < -0.39 is 41.3 Å². The second kappa shape index (κ2) is 55.3. The van der Waals surface area contributed by atoms with Gasteiger partial charge in [-0.1, -0.05) is 26.1 Å². The molecule has 0 aliphatic heterocycles. The van der Waals surface area contributed by atoms with Gasteiger partial charge in [-0.2, -0.15) is 0 Å². The van der Waals surface area contributed by atoms with Crippen LogP contribution in [0.2, 0.25) is 95.7 Å². The minimum atomic E-state index is -1.12. The van der Waals surface area contributed by atoms with Crippen molar-refractivity contribution in [2.24, 2.45) is 0 Å². The zero-order valence-electron chi connectivity index (χ0n) is 35.1. The number of rotatable bonds is 14. The molecule has 0 aliphatic carbocycles. The van der Waals surface area contributed by atoms with Crippen LogP contribution in [0.25, 0.3) is 0 Å². The molecule has 0 unspecified atom stereocenters. The van der Waals surface area contributed by atoms with E-state index in [2.05, 4.69) is 112 Å². The van der Waals surface area contributed by atoms with Crippen LogP contribution in [0.15, 0.2) is 12.3 Å². The maximum atomic E-state index is 5.53. The Morgan fingerprint density at radius 3 is 0.745 bits per heavy atom. The van der Waals surface area contributed by atoms with Gasteiger partial charge in [0.1, 0.15) is 0 Å². The molecule has 0 spiro atoms. The monoisotopic (exact) mass is 1610 g/mol. The van der Waals surface area contributed by atoms with E-state index >= 15 is 0 Å². The predicted molar refractivity (Wildman–Crippen MR) is 250 cm³/mol. The fourth-order valence-corrected chi connectivity index (χ4v) is 14.1. The third kappa shape index (κ3) is 82.1. The van der Waals surface area contributed by atoms with E-state index in [-0.39, 0.29) is 121 Å². The maximum absolute atomic E-state index is 5.53. The molecule has 0 aliphatic rings. The molecule has 0 amide bonds. The Morgan fingerprint density at radius 2 is 0.702 bits per heavy atom. The molecule has 0 saturated carbocycles. The molecule has 0 saturated heterocycles. The SMILES string of the molecule is C=C[Si](C)(C)CC.CCC[Si](C)(C)[O][InH2].CCC[Si](C)(C)[O][InH2].CCC[Si](C)(C)[O][SnH].CCC[Si](C)(C)[O][SnH].O.O.O.O.[InH2].[InH2].[SnH].[SnH]. The molecule has 8 nitrogen and oxygen atoms in total. The third-order valence-electron chi connectivity index (χ3n) is 6.62. The first kappa shape index (κ1) is 90.4. The Kier molecular flexibility index (Phi) is 106. The van der Waals surface area contributed by atoms with Crippen LogP contribution in [0.3, 0.4) is 0 Å². The molecule has 0 aromatic carbocycles. The molecule has 0 fully saturated rings. The summed E-state index contributed by atoms with van der Waals surface area (Å²) in [5, 5.41) is 0. The zero-order chi connectivity index (χ0) is 32.4. The van der Waals surface area contributed by atoms with Crippen LogP contribution in [-0.4, -0.2) is 258 Å².